The molecule has 2 nitrogen and oxygen atoms in total. The Morgan fingerprint density at radius 1 is 1.21 bits per heavy atom. The Labute approximate surface area is 125 Å². The van der Waals surface area contributed by atoms with Gasteiger partial charge in [-0.1, -0.05) is 35.8 Å². The summed E-state index contributed by atoms with van der Waals surface area (Å²) >= 11 is 3.45. The zero-order chi connectivity index (χ0) is 14.4. The largest absolute Gasteiger partial charge is 0.335 e. The molecule has 0 saturated carbocycles. The molecule has 3 heteroatoms. The molecule has 0 aliphatic heterocycles. The number of benzene rings is 1. The summed E-state index contributed by atoms with van der Waals surface area (Å²) in [5.41, 5.74) is 3.20. The van der Waals surface area contributed by atoms with Crippen LogP contribution in [0.2, 0.25) is 0 Å². The van der Waals surface area contributed by atoms with Crippen molar-refractivity contribution in [1.29, 1.82) is 0 Å². The van der Waals surface area contributed by atoms with Crippen molar-refractivity contribution in [2.75, 3.05) is 11.9 Å². The highest BCUT2D eigenvalue weighted by Crippen LogP contribution is 2.16. The van der Waals surface area contributed by atoms with E-state index in [1.54, 1.807) is 0 Å². The minimum atomic E-state index is 0.149. The van der Waals surface area contributed by atoms with Crippen molar-refractivity contribution in [2.24, 2.45) is 0 Å². The van der Waals surface area contributed by atoms with Crippen LogP contribution in [0, 0.1) is 13.8 Å². The zero-order valence-electron chi connectivity index (χ0n) is 12.4. The lowest BCUT2D eigenvalue weighted by atomic mass is 10.0. The van der Waals surface area contributed by atoms with E-state index in [0.29, 0.717) is 6.04 Å². The number of carbonyl (C=O) groups excluding carboxylic acids is 1. The van der Waals surface area contributed by atoms with Gasteiger partial charge in [0, 0.05) is 23.5 Å². The van der Waals surface area contributed by atoms with Crippen LogP contribution in [0.4, 0.5) is 0 Å². The molecular formula is C16H24BrNO. The lowest BCUT2D eigenvalue weighted by Gasteiger charge is -2.30. The Hall–Kier alpha value is -0.830. The number of hydrogen-bond acceptors (Lipinski definition) is 1. The van der Waals surface area contributed by atoms with Gasteiger partial charge in [0.05, 0.1) is 0 Å². The summed E-state index contributed by atoms with van der Waals surface area (Å²) in [5.74, 6) is 0.149. The van der Waals surface area contributed by atoms with Gasteiger partial charge in [-0.05, 0) is 49.9 Å². The third kappa shape index (κ3) is 4.07. The van der Waals surface area contributed by atoms with E-state index in [1.807, 2.05) is 23.1 Å². The Morgan fingerprint density at radius 3 is 2.32 bits per heavy atom. The van der Waals surface area contributed by atoms with Gasteiger partial charge in [0.2, 0.25) is 0 Å². The van der Waals surface area contributed by atoms with Crippen LogP contribution >= 0.6 is 15.9 Å². The third-order valence-corrected chi connectivity index (χ3v) is 4.08. The summed E-state index contributed by atoms with van der Waals surface area (Å²) in [6, 6.07) is 6.30. The normalized spacial score (nSPS) is 10.8. The molecule has 0 saturated heterocycles. The number of nitrogens with zero attached hydrogens (tertiary/aromatic N) is 1. The van der Waals surface area contributed by atoms with Crippen molar-refractivity contribution < 1.29 is 4.79 Å². The highest BCUT2D eigenvalue weighted by molar-refractivity contribution is 9.09. The van der Waals surface area contributed by atoms with Crippen molar-refractivity contribution in [3.05, 3.63) is 34.9 Å². The van der Waals surface area contributed by atoms with Crippen molar-refractivity contribution in [3.63, 3.8) is 0 Å². The van der Waals surface area contributed by atoms with E-state index < -0.39 is 0 Å². The molecule has 0 aliphatic rings. The van der Waals surface area contributed by atoms with Crippen LogP contribution < -0.4 is 0 Å². The first-order valence-corrected chi connectivity index (χ1v) is 8.11. The Bertz CT molecular complexity index is 427. The lowest BCUT2D eigenvalue weighted by molar-refractivity contribution is 0.0683. The smallest absolute Gasteiger partial charge is 0.254 e. The van der Waals surface area contributed by atoms with Gasteiger partial charge < -0.3 is 4.90 Å². The summed E-state index contributed by atoms with van der Waals surface area (Å²) in [4.78, 5) is 14.7. The van der Waals surface area contributed by atoms with Crippen LogP contribution in [-0.4, -0.2) is 28.7 Å². The molecule has 1 aromatic carbocycles. The summed E-state index contributed by atoms with van der Waals surface area (Å²) in [6.07, 6.45) is 2.00. The molecule has 0 fully saturated rings. The van der Waals surface area contributed by atoms with E-state index in [9.17, 15) is 4.79 Å². The van der Waals surface area contributed by atoms with Gasteiger partial charge in [-0.15, -0.1) is 0 Å². The number of halogens is 1. The first-order chi connectivity index (χ1) is 9.04. The minimum Gasteiger partial charge on any atom is -0.335 e. The molecule has 0 heterocycles. The fourth-order valence-corrected chi connectivity index (χ4v) is 2.69. The van der Waals surface area contributed by atoms with Crippen LogP contribution in [-0.2, 0) is 0 Å². The topological polar surface area (TPSA) is 20.3 Å². The monoisotopic (exact) mass is 325 g/mol. The predicted molar refractivity (Wildman–Crippen MR) is 85.1 cm³/mol. The number of alkyl halides is 1. The van der Waals surface area contributed by atoms with Crippen LogP contribution in [0.3, 0.4) is 0 Å². The number of rotatable bonds is 6. The molecular weight excluding hydrogens is 302 g/mol. The quantitative estimate of drug-likeness (QED) is 0.713. The molecule has 0 aromatic heterocycles. The maximum atomic E-state index is 12.7. The van der Waals surface area contributed by atoms with Gasteiger partial charge in [-0.3, -0.25) is 4.79 Å². The van der Waals surface area contributed by atoms with Crippen LogP contribution in [0.5, 0.6) is 0 Å². The van der Waals surface area contributed by atoms with Crippen molar-refractivity contribution in [1.82, 2.24) is 4.90 Å². The van der Waals surface area contributed by atoms with E-state index in [4.69, 9.17) is 0 Å². The zero-order valence-corrected chi connectivity index (χ0v) is 14.0. The maximum Gasteiger partial charge on any atom is 0.254 e. The first-order valence-electron chi connectivity index (χ1n) is 6.99. The molecule has 106 valence electrons. The number of amides is 1. The van der Waals surface area contributed by atoms with E-state index in [0.717, 1.165) is 30.3 Å². The van der Waals surface area contributed by atoms with Gasteiger partial charge >= 0.3 is 0 Å². The van der Waals surface area contributed by atoms with Crippen molar-refractivity contribution in [3.8, 4) is 0 Å². The standard InChI is InChI=1S/C16H24BrNO/c1-5-15(6-2)18(10-9-17)16(19)14-8-7-12(3)13(4)11-14/h7-8,11,15H,5-6,9-10H2,1-4H3. The minimum absolute atomic E-state index is 0.149. The number of aryl methyl sites for hydroxylation is 2. The highest BCUT2D eigenvalue weighted by atomic mass is 79.9. The molecule has 0 aliphatic carbocycles. The second kappa shape index (κ2) is 7.68. The average molecular weight is 326 g/mol. The van der Waals surface area contributed by atoms with Gasteiger partial charge in [-0.25, -0.2) is 0 Å². The molecule has 0 spiro atoms. The number of carbonyl (C=O) groups is 1. The molecule has 0 radical (unpaired) electrons. The fraction of sp³-hybridized carbons (Fsp3) is 0.562. The van der Waals surface area contributed by atoms with Crippen LogP contribution in [0.15, 0.2) is 18.2 Å². The number of hydrogen-bond donors (Lipinski definition) is 0. The second-order valence-corrected chi connectivity index (χ2v) is 5.75. The van der Waals surface area contributed by atoms with Crippen LogP contribution in [0.25, 0.3) is 0 Å². The Kier molecular flexibility index (Phi) is 6.56. The van der Waals surface area contributed by atoms with Gasteiger partial charge in [0.15, 0.2) is 0 Å². The molecule has 0 atom stereocenters. The van der Waals surface area contributed by atoms with Gasteiger partial charge in [0.1, 0.15) is 0 Å². The van der Waals surface area contributed by atoms with E-state index in [-0.39, 0.29) is 5.91 Å². The van der Waals surface area contributed by atoms with E-state index in [2.05, 4.69) is 43.6 Å². The van der Waals surface area contributed by atoms with E-state index >= 15 is 0 Å². The molecule has 1 aromatic rings. The highest BCUT2D eigenvalue weighted by Gasteiger charge is 2.21. The Balaban J connectivity index is 3.01. The molecule has 0 N–H and O–H groups in total. The molecule has 1 rings (SSSR count). The summed E-state index contributed by atoms with van der Waals surface area (Å²) in [5, 5.41) is 0.820. The predicted octanol–water partition coefficient (Wildman–Crippen LogP) is 4.33. The lowest BCUT2D eigenvalue weighted by Crippen LogP contribution is -2.41. The third-order valence-electron chi connectivity index (χ3n) is 3.72. The van der Waals surface area contributed by atoms with Crippen LogP contribution in [0.1, 0.15) is 48.2 Å². The Morgan fingerprint density at radius 2 is 1.84 bits per heavy atom. The summed E-state index contributed by atoms with van der Waals surface area (Å²) < 4.78 is 0. The SMILES string of the molecule is CCC(CC)N(CCBr)C(=O)c1ccc(C)c(C)c1. The molecule has 19 heavy (non-hydrogen) atoms. The van der Waals surface area contributed by atoms with Gasteiger partial charge in [-0.2, -0.15) is 0 Å². The molecule has 0 unspecified atom stereocenters. The average Bonchev–Trinajstić information content (AvgIpc) is 2.41. The molecule has 0 bridgehead atoms. The fourth-order valence-electron chi connectivity index (χ4n) is 2.31. The molecule has 1 amide bonds. The van der Waals surface area contributed by atoms with E-state index in [1.165, 1.54) is 11.1 Å². The maximum absolute atomic E-state index is 12.7. The summed E-state index contributed by atoms with van der Waals surface area (Å²) in [7, 11) is 0. The second-order valence-electron chi connectivity index (χ2n) is 4.96. The first kappa shape index (κ1) is 16.2. The summed E-state index contributed by atoms with van der Waals surface area (Å²) in [6.45, 7) is 9.17. The van der Waals surface area contributed by atoms with Gasteiger partial charge in [0.25, 0.3) is 5.91 Å². The van der Waals surface area contributed by atoms with Crippen molar-refractivity contribution >= 4 is 21.8 Å². The van der Waals surface area contributed by atoms with Crippen molar-refractivity contribution in [2.45, 2.75) is 46.6 Å².